The first-order chi connectivity index (χ1) is 13.9. The minimum atomic E-state index is -0.493. The van der Waals surface area contributed by atoms with Gasteiger partial charge in [0, 0.05) is 35.0 Å². The first-order valence-corrected chi connectivity index (χ1v) is 11.3. The van der Waals surface area contributed by atoms with E-state index in [-0.39, 0.29) is 11.8 Å². The Morgan fingerprint density at radius 1 is 1.03 bits per heavy atom. The fourth-order valence-electron chi connectivity index (χ4n) is 2.96. The topological polar surface area (TPSA) is 49.4 Å². The van der Waals surface area contributed by atoms with Crippen molar-refractivity contribution in [2.75, 3.05) is 12.8 Å². The maximum absolute atomic E-state index is 13.0. The quantitative estimate of drug-likeness (QED) is 0.386. The number of rotatable bonds is 10. The summed E-state index contributed by atoms with van der Waals surface area (Å²) in [5, 5.41) is 4.02. The largest absolute Gasteiger partial charge is 0.357 e. The number of carbonyl (C=O) groups is 2. The minimum absolute atomic E-state index is 0.0212. The molecule has 29 heavy (non-hydrogen) atoms. The Bertz CT molecular complexity index is 797. The Hall–Kier alpha value is -1.69. The number of likely N-dealkylation sites (N-methyl/N-ethyl adjacent to an activating group) is 1. The molecule has 0 radical (unpaired) electrons. The molecule has 2 rings (SSSR count). The average Bonchev–Trinajstić information content (AvgIpc) is 2.73. The molecule has 0 spiro atoms. The van der Waals surface area contributed by atoms with Crippen molar-refractivity contribution < 1.29 is 9.59 Å². The molecule has 156 valence electrons. The number of thioether (sulfide) groups is 1. The van der Waals surface area contributed by atoms with Gasteiger partial charge < -0.3 is 10.2 Å². The zero-order chi connectivity index (χ0) is 21.2. The van der Waals surface area contributed by atoms with Gasteiger partial charge >= 0.3 is 0 Å². The van der Waals surface area contributed by atoms with Crippen molar-refractivity contribution >= 4 is 46.8 Å². The van der Waals surface area contributed by atoms with Crippen LogP contribution in [0.15, 0.2) is 53.4 Å². The third-order valence-electron chi connectivity index (χ3n) is 4.52. The highest BCUT2D eigenvalue weighted by Gasteiger charge is 2.27. The summed E-state index contributed by atoms with van der Waals surface area (Å²) in [4.78, 5) is 28.1. The van der Waals surface area contributed by atoms with Gasteiger partial charge in [0.1, 0.15) is 6.04 Å². The lowest BCUT2D eigenvalue weighted by Crippen LogP contribution is -2.48. The third kappa shape index (κ3) is 7.57. The van der Waals surface area contributed by atoms with Gasteiger partial charge in [0.15, 0.2) is 0 Å². The van der Waals surface area contributed by atoms with E-state index in [1.807, 2.05) is 43.3 Å². The summed E-state index contributed by atoms with van der Waals surface area (Å²) in [6.45, 7) is 2.30. The van der Waals surface area contributed by atoms with Crippen LogP contribution in [-0.2, 0) is 16.1 Å². The molecule has 2 amide bonds. The minimum Gasteiger partial charge on any atom is -0.357 e. The van der Waals surface area contributed by atoms with E-state index >= 15 is 0 Å². The second-order valence-electron chi connectivity index (χ2n) is 6.59. The van der Waals surface area contributed by atoms with E-state index in [9.17, 15) is 9.59 Å². The fourth-order valence-corrected chi connectivity index (χ4v) is 4.07. The molecule has 2 aromatic rings. The van der Waals surface area contributed by atoms with Gasteiger partial charge in [-0.1, -0.05) is 42.3 Å². The Balaban J connectivity index is 1.99. The van der Waals surface area contributed by atoms with Crippen LogP contribution in [0.2, 0.25) is 10.0 Å². The molecular weight excluding hydrogens is 427 g/mol. The van der Waals surface area contributed by atoms with E-state index in [1.54, 1.807) is 35.8 Å². The lowest BCUT2D eigenvalue weighted by molar-refractivity contribution is -0.141. The standard InChI is InChI=1S/C22H26Cl2N2O2S/c1-3-20(22(28)25-2)26(15-16-6-8-17(23)9-7-16)21(27)5-4-14-29-19-12-10-18(24)11-13-19/h6-13,20H,3-5,14-15H2,1-2H3,(H,25,28)/t20-/m0/s1. The van der Waals surface area contributed by atoms with Crippen LogP contribution in [0.4, 0.5) is 0 Å². The predicted molar refractivity (Wildman–Crippen MR) is 122 cm³/mol. The summed E-state index contributed by atoms with van der Waals surface area (Å²) < 4.78 is 0. The van der Waals surface area contributed by atoms with Crippen LogP contribution in [-0.4, -0.2) is 35.6 Å². The van der Waals surface area contributed by atoms with E-state index in [2.05, 4.69) is 5.32 Å². The van der Waals surface area contributed by atoms with E-state index in [0.29, 0.717) is 29.4 Å². The number of nitrogens with one attached hydrogen (secondary N) is 1. The Morgan fingerprint density at radius 3 is 2.17 bits per heavy atom. The summed E-state index contributed by atoms with van der Waals surface area (Å²) in [5.74, 6) is 0.649. The fraction of sp³-hybridized carbons (Fsp3) is 0.364. The molecule has 7 heteroatoms. The van der Waals surface area contributed by atoms with Crippen molar-refractivity contribution in [1.29, 1.82) is 0 Å². The molecule has 4 nitrogen and oxygen atoms in total. The number of amides is 2. The molecule has 0 aromatic heterocycles. The summed E-state index contributed by atoms with van der Waals surface area (Å²) in [7, 11) is 1.60. The molecule has 0 aliphatic rings. The van der Waals surface area contributed by atoms with Gasteiger partial charge in [-0.3, -0.25) is 9.59 Å². The number of nitrogens with zero attached hydrogens (tertiary/aromatic N) is 1. The SMILES string of the molecule is CC[C@@H](C(=O)NC)N(Cc1ccc(Cl)cc1)C(=O)CCCSc1ccc(Cl)cc1. The Morgan fingerprint density at radius 2 is 1.62 bits per heavy atom. The van der Waals surface area contributed by atoms with Crippen molar-refractivity contribution in [3.05, 3.63) is 64.1 Å². The van der Waals surface area contributed by atoms with Gasteiger partial charge in [-0.2, -0.15) is 0 Å². The van der Waals surface area contributed by atoms with Crippen LogP contribution in [0.25, 0.3) is 0 Å². The first-order valence-electron chi connectivity index (χ1n) is 9.58. The lowest BCUT2D eigenvalue weighted by Gasteiger charge is -2.30. The molecule has 0 saturated heterocycles. The number of halogens is 2. The second kappa shape index (κ2) is 12.1. The molecular formula is C22H26Cl2N2O2S. The summed E-state index contributed by atoms with van der Waals surface area (Å²) in [5.41, 5.74) is 0.945. The lowest BCUT2D eigenvalue weighted by atomic mass is 10.1. The van der Waals surface area contributed by atoms with Crippen LogP contribution < -0.4 is 5.32 Å². The van der Waals surface area contributed by atoms with Gasteiger partial charge in [-0.15, -0.1) is 11.8 Å². The highest BCUT2D eigenvalue weighted by molar-refractivity contribution is 7.99. The van der Waals surface area contributed by atoms with Crippen LogP contribution in [0.5, 0.6) is 0 Å². The van der Waals surface area contributed by atoms with E-state index in [1.165, 1.54) is 0 Å². The van der Waals surface area contributed by atoms with Gasteiger partial charge in [0.05, 0.1) is 0 Å². The van der Waals surface area contributed by atoms with Gasteiger partial charge in [-0.25, -0.2) is 0 Å². The van der Waals surface area contributed by atoms with Crippen LogP contribution in [0.3, 0.4) is 0 Å². The first kappa shape index (κ1) is 23.6. The molecule has 0 aliphatic heterocycles. The van der Waals surface area contributed by atoms with Gasteiger partial charge in [0.2, 0.25) is 11.8 Å². The Labute approximate surface area is 187 Å². The monoisotopic (exact) mass is 452 g/mol. The number of benzene rings is 2. The van der Waals surface area contributed by atoms with Crippen molar-refractivity contribution in [3.8, 4) is 0 Å². The van der Waals surface area contributed by atoms with Crippen LogP contribution in [0.1, 0.15) is 31.7 Å². The molecule has 0 heterocycles. The molecule has 1 atom stereocenters. The number of carbonyl (C=O) groups excluding carboxylic acids is 2. The van der Waals surface area contributed by atoms with E-state index in [0.717, 1.165) is 22.6 Å². The van der Waals surface area contributed by atoms with Gasteiger partial charge in [-0.05, 0) is 60.6 Å². The molecule has 0 aliphatic carbocycles. The van der Waals surface area contributed by atoms with Crippen LogP contribution in [0, 0.1) is 0 Å². The highest BCUT2D eigenvalue weighted by atomic mass is 35.5. The normalized spacial score (nSPS) is 11.7. The maximum atomic E-state index is 13.0. The molecule has 2 aromatic carbocycles. The molecule has 0 unspecified atom stereocenters. The summed E-state index contributed by atoms with van der Waals surface area (Å²) >= 11 is 13.6. The molecule has 0 fully saturated rings. The zero-order valence-corrected chi connectivity index (χ0v) is 19.0. The highest BCUT2D eigenvalue weighted by Crippen LogP contribution is 2.22. The number of hydrogen-bond acceptors (Lipinski definition) is 3. The smallest absolute Gasteiger partial charge is 0.242 e. The van der Waals surface area contributed by atoms with Gasteiger partial charge in [0.25, 0.3) is 0 Å². The molecule has 0 bridgehead atoms. The summed E-state index contributed by atoms with van der Waals surface area (Å²) in [6.07, 6.45) is 1.67. The average molecular weight is 453 g/mol. The predicted octanol–water partition coefficient (Wildman–Crippen LogP) is 5.42. The second-order valence-corrected chi connectivity index (χ2v) is 8.63. The zero-order valence-electron chi connectivity index (χ0n) is 16.7. The van der Waals surface area contributed by atoms with Crippen molar-refractivity contribution in [1.82, 2.24) is 10.2 Å². The molecule has 1 N–H and O–H groups in total. The van der Waals surface area contributed by atoms with Crippen molar-refractivity contribution in [2.45, 2.75) is 43.7 Å². The van der Waals surface area contributed by atoms with E-state index in [4.69, 9.17) is 23.2 Å². The molecule has 0 saturated carbocycles. The maximum Gasteiger partial charge on any atom is 0.242 e. The van der Waals surface area contributed by atoms with Crippen LogP contribution >= 0.6 is 35.0 Å². The number of hydrogen-bond donors (Lipinski definition) is 1. The third-order valence-corrected chi connectivity index (χ3v) is 6.12. The van der Waals surface area contributed by atoms with E-state index < -0.39 is 6.04 Å². The van der Waals surface area contributed by atoms with Crippen molar-refractivity contribution in [3.63, 3.8) is 0 Å². The summed E-state index contributed by atoms with van der Waals surface area (Å²) in [6, 6.07) is 14.5. The van der Waals surface area contributed by atoms with Crippen molar-refractivity contribution in [2.24, 2.45) is 0 Å². The Kier molecular flexibility index (Phi) is 9.85.